The molecule has 0 amide bonds. The van der Waals surface area contributed by atoms with Crippen molar-refractivity contribution < 1.29 is 18.3 Å². The van der Waals surface area contributed by atoms with E-state index in [-0.39, 0.29) is 11.4 Å². The van der Waals surface area contributed by atoms with E-state index in [1.165, 1.54) is 12.1 Å². The van der Waals surface area contributed by atoms with Gasteiger partial charge in [0, 0.05) is 13.2 Å². The summed E-state index contributed by atoms with van der Waals surface area (Å²) in [6, 6.07) is 6.26. The van der Waals surface area contributed by atoms with Crippen LogP contribution in [-0.4, -0.2) is 33.3 Å². The fourth-order valence-corrected chi connectivity index (χ4v) is 2.49. The molecule has 1 rings (SSSR count). The van der Waals surface area contributed by atoms with Gasteiger partial charge in [0.15, 0.2) is 0 Å². The van der Waals surface area contributed by atoms with Gasteiger partial charge in [0.25, 0.3) is 0 Å². The first-order valence-electron chi connectivity index (χ1n) is 5.83. The number of ether oxygens (including phenoxy) is 1. The zero-order valence-corrected chi connectivity index (χ0v) is 11.4. The number of benzene rings is 1. The lowest BCUT2D eigenvalue weighted by Crippen LogP contribution is -2.27. The smallest absolute Gasteiger partial charge is 0.240 e. The maximum atomic E-state index is 11.9. The third kappa shape index (κ3) is 4.38. The topological polar surface area (TPSA) is 75.6 Å². The Labute approximate surface area is 108 Å². The number of nitrogens with one attached hydrogen (secondary N) is 1. The first-order valence-corrected chi connectivity index (χ1v) is 7.31. The molecule has 0 aliphatic carbocycles. The van der Waals surface area contributed by atoms with Crippen LogP contribution in [0.5, 0.6) is 0 Å². The predicted molar refractivity (Wildman–Crippen MR) is 68.8 cm³/mol. The van der Waals surface area contributed by atoms with Gasteiger partial charge in [0.2, 0.25) is 10.0 Å². The summed E-state index contributed by atoms with van der Waals surface area (Å²) in [7, 11) is -3.54. The lowest BCUT2D eigenvalue weighted by Gasteiger charge is -2.09. The van der Waals surface area contributed by atoms with E-state index >= 15 is 0 Å². The number of hydrogen-bond donors (Lipinski definition) is 2. The lowest BCUT2D eigenvalue weighted by molar-refractivity contribution is 0.153. The van der Waals surface area contributed by atoms with Gasteiger partial charge in [-0.25, -0.2) is 13.1 Å². The van der Waals surface area contributed by atoms with Crippen LogP contribution in [0.4, 0.5) is 0 Å². The second kappa shape index (κ2) is 6.84. The second-order valence-electron chi connectivity index (χ2n) is 3.84. The van der Waals surface area contributed by atoms with Crippen molar-refractivity contribution in [3.63, 3.8) is 0 Å². The van der Waals surface area contributed by atoms with Crippen molar-refractivity contribution in [3.05, 3.63) is 29.8 Å². The van der Waals surface area contributed by atoms with E-state index in [2.05, 4.69) is 4.72 Å². The molecule has 1 atom stereocenters. The van der Waals surface area contributed by atoms with Gasteiger partial charge in [-0.2, -0.15) is 0 Å². The van der Waals surface area contributed by atoms with Crippen LogP contribution in [0.15, 0.2) is 29.2 Å². The Bertz CT molecular complexity index is 471. The highest BCUT2D eigenvalue weighted by atomic mass is 32.2. The van der Waals surface area contributed by atoms with Gasteiger partial charge in [0.1, 0.15) is 0 Å². The molecule has 1 aromatic carbocycles. The van der Waals surface area contributed by atoms with Crippen molar-refractivity contribution in [3.8, 4) is 0 Å². The molecule has 0 heterocycles. The van der Waals surface area contributed by atoms with Crippen molar-refractivity contribution in [2.45, 2.75) is 24.8 Å². The van der Waals surface area contributed by atoms with E-state index in [0.29, 0.717) is 18.8 Å². The Morgan fingerprint density at radius 3 is 2.78 bits per heavy atom. The molecule has 0 saturated carbocycles. The van der Waals surface area contributed by atoms with Crippen LogP contribution in [0, 0.1) is 0 Å². The standard InChI is InChI=1S/C12H19NO4S/c1-3-17-8-7-13-18(15,16)12-6-4-5-11(9-12)10(2)14/h4-6,9-10,13-14H,3,7-8H2,1-2H3. The van der Waals surface area contributed by atoms with Crippen LogP contribution in [0.1, 0.15) is 25.5 Å². The highest BCUT2D eigenvalue weighted by Gasteiger charge is 2.14. The van der Waals surface area contributed by atoms with E-state index < -0.39 is 16.1 Å². The number of aliphatic hydroxyl groups is 1. The first kappa shape index (κ1) is 15.1. The fourth-order valence-electron chi connectivity index (χ4n) is 1.42. The molecule has 0 aliphatic heterocycles. The summed E-state index contributed by atoms with van der Waals surface area (Å²) in [6.07, 6.45) is -0.691. The highest BCUT2D eigenvalue weighted by Crippen LogP contribution is 2.16. The van der Waals surface area contributed by atoms with Gasteiger partial charge < -0.3 is 9.84 Å². The summed E-state index contributed by atoms with van der Waals surface area (Å²) < 4.78 is 31.3. The molecule has 18 heavy (non-hydrogen) atoms. The Kier molecular flexibility index (Phi) is 5.74. The summed E-state index contributed by atoms with van der Waals surface area (Å²) >= 11 is 0. The molecule has 1 aromatic rings. The molecule has 0 bridgehead atoms. The Hall–Kier alpha value is -0.950. The van der Waals surface area contributed by atoms with E-state index in [1.54, 1.807) is 19.1 Å². The van der Waals surface area contributed by atoms with Crippen molar-refractivity contribution >= 4 is 10.0 Å². The fraction of sp³-hybridized carbons (Fsp3) is 0.500. The minimum atomic E-state index is -3.54. The zero-order chi connectivity index (χ0) is 13.6. The van der Waals surface area contributed by atoms with Crippen molar-refractivity contribution in [1.82, 2.24) is 4.72 Å². The normalized spacial score (nSPS) is 13.5. The third-order valence-electron chi connectivity index (χ3n) is 2.39. The molecule has 5 nitrogen and oxygen atoms in total. The zero-order valence-electron chi connectivity index (χ0n) is 10.6. The van der Waals surface area contributed by atoms with Crippen LogP contribution in [-0.2, 0) is 14.8 Å². The van der Waals surface area contributed by atoms with Crippen molar-refractivity contribution in [2.24, 2.45) is 0 Å². The van der Waals surface area contributed by atoms with E-state index in [4.69, 9.17) is 4.74 Å². The highest BCUT2D eigenvalue weighted by molar-refractivity contribution is 7.89. The van der Waals surface area contributed by atoms with Crippen LogP contribution < -0.4 is 4.72 Å². The average molecular weight is 273 g/mol. The quantitative estimate of drug-likeness (QED) is 0.728. The summed E-state index contributed by atoms with van der Waals surface area (Å²) in [5.41, 5.74) is 0.572. The predicted octanol–water partition coefficient (Wildman–Crippen LogP) is 1.05. The molecule has 0 aliphatic rings. The lowest BCUT2D eigenvalue weighted by atomic mass is 10.1. The Morgan fingerprint density at radius 2 is 2.17 bits per heavy atom. The van der Waals surface area contributed by atoms with Gasteiger partial charge in [-0.1, -0.05) is 12.1 Å². The van der Waals surface area contributed by atoms with Crippen LogP contribution in [0.2, 0.25) is 0 Å². The minimum absolute atomic E-state index is 0.150. The number of aliphatic hydroxyl groups excluding tert-OH is 1. The third-order valence-corrected chi connectivity index (χ3v) is 3.85. The van der Waals surface area contributed by atoms with Crippen LogP contribution in [0.25, 0.3) is 0 Å². The van der Waals surface area contributed by atoms with Gasteiger partial charge in [-0.05, 0) is 31.5 Å². The molecule has 2 N–H and O–H groups in total. The molecule has 0 aromatic heterocycles. The van der Waals surface area contributed by atoms with Gasteiger partial charge in [-0.3, -0.25) is 0 Å². The Morgan fingerprint density at radius 1 is 1.44 bits per heavy atom. The molecular formula is C12H19NO4S. The molecule has 0 radical (unpaired) electrons. The van der Waals surface area contributed by atoms with Gasteiger partial charge in [0.05, 0.1) is 17.6 Å². The maximum absolute atomic E-state index is 11.9. The average Bonchev–Trinajstić information content (AvgIpc) is 2.35. The minimum Gasteiger partial charge on any atom is -0.389 e. The van der Waals surface area contributed by atoms with Crippen molar-refractivity contribution in [2.75, 3.05) is 19.8 Å². The number of sulfonamides is 1. The van der Waals surface area contributed by atoms with Crippen molar-refractivity contribution in [1.29, 1.82) is 0 Å². The van der Waals surface area contributed by atoms with E-state index in [0.717, 1.165) is 0 Å². The molecule has 6 heteroatoms. The molecule has 0 fully saturated rings. The maximum Gasteiger partial charge on any atom is 0.240 e. The van der Waals surface area contributed by atoms with Gasteiger partial charge in [-0.15, -0.1) is 0 Å². The summed E-state index contributed by atoms with van der Waals surface area (Å²) in [5.74, 6) is 0. The van der Waals surface area contributed by atoms with E-state index in [9.17, 15) is 13.5 Å². The molecule has 1 unspecified atom stereocenters. The summed E-state index contributed by atoms with van der Waals surface area (Å²) in [5, 5.41) is 9.42. The number of rotatable bonds is 7. The SMILES string of the molecule is CCOCCNS(=O)(=O)c1cccc(C(C)O)c1. The Balaban J connectivity index is 2.75. The van der Waals surface area contributed by atoms with Gasteiger partial charge >= 0.3 is 0 Å². The molecule has 102 valence electrons. The second-order valence-corrected chi connectivity index (χ2v) is 5.61. The van der Waals surface area contributed by atoms with Crippen LogP contribution in [0.3, 0.4) is 0 Å². The molecular weight excluding hydrogens is 254 g/mol. The number of hydrogen-bond acceptors (Lipinski definition) is 4. The van der Waals surface area contributed by atoms with E-state index in [1.807, 2.05) is 6.92 Å². The molecule has 0 saturated heterocycles. The van der Waals surface area contributed by atoms with Crippen LogP contribution >= 0.6 is 0 Å². The summed E-state index contributed by atoms with van der Waals surface area (Å²) in [6.45, 7) is 4.56. The first-order chi connectivity index (χ1) is 8.47. The summed E-state index contributed by atoms with van der Waals surface area (Å²) in [4.78, 5) is 0.150. The monoisotopic (exact) mass is 273 g/mol. The largest absolute Gasteiger partial charge is 0.389 e. The molecule has 0 spiro atoms.